The molecule has 0 aliphatic rings. The Kier molecular flexibility index (Phi) is 56.0. The minimum Gasteiger partial charge on any atom is -0.462 e. The zero-order chi connectivity index (χ0) is 52.9. The number of allylic oxidation sites excluding steroid dienone is 24. The highest BCUT2D eigenvalue weighted by atomic mass is 16.6. The van der Waals surface area contributed by atoms with Crippen LogP contribution >= 0.6 is 0 Å². The van der Waals surface area contributed by atoms with E-state index in [1.54, 1.807) is 0 Å². The van der Waals surface area contributed by atoms with Gasteiger partial charge < -0.3 is 14.2 Å². The average Bonchev–Trinajstić information content (AvgIpc) is 3.39. The minimum atomic E-state index is -0.809. The van der Waals surface area contributed by atoms with Crippen molar-refractivity contribution in [2.24, 2.45) is 0 Å². The molecule has 0 aliphatic heterocycles. The van der Waals surface area contributed by atoms with Crippen LogP contribution in [0.5, 0.6) is 0 Å². The van der Waals surface area contributed by atoms with Gasteiger partial charge in [0.05, 0.1) is 0 Å². The number of unbranched alkanes of at least 4 members (excludes halogenated alkanes) is 16. The fraction of sp³-hybridized carbons (Fsp3) is 0.597. The molecular weight excluding hydrogens is 901 g/mol. The lowest BCUT2D eigenvalue weighted by atomic mass is 10.1. The van der Waals surface area contributed by atoms with Gasteiger partial charge in [0.15, 0.2) is 6.10 Å². The number of carbonyl (C=O) groups is 3. The van der Waals surface area contributed by atoms with Crippen LogP contribution in [0.2, 0.25) is 0 Å². The summed E-state index contributed by atoms with van der Waals surface area (Å²) in [6.45, 7) is 6.25. The van der Waals surface area contributed by atoms with Crippen LogP contribution < -0.4 is 0 Å². The third-order valence-corrected chi connectivity index (χ3v) is 11.8. The summed E-state index contributed by atoms with van der Waals surface area (Å²) in [7, 11) is 0. The summed E-state index contributed by atoms with van der Waals surface area (Å²) < 4.78 is 16.8. The predicted molar refractivity (Wildman–Crippen MR) is 315 cm³/mol. The number of hydrogen-bond acceptors (Lipinski definition) is 6. The van der Waals surface area contributed by atoms with Gasteiger partial charge in [0.25, 0.3) is 0 Å². The number of esters is 3. The summed E-state index contributed by atoms with van der Waals surface area (Å²) in [4.78, 5) is 38.2. The zero-order valence-electron chi connectivity index (χ0n) is 46.8. The molecule has 0 spiro atoms. The molecule has 0 bridgehead atoms. The normalized spacial score (nSPS) is 13.2. The van der Waals surface area contributed by atoms with E-state index in [9.17, 15) is 14.4 Å². The van der Waals surface area contributed by atoms with E-state index < -0.39 is 6.10 Å². The first kappa shape index (κ1) is 68.3. The Morgan fingerprint density at radius 3 is 0.767 bits per heavy atom. The molecule has 0 aromatic carbocycles. The van der Waals surface area contributed by atoms with Crippen LogP contribution in [-0.4, -0.2) is 37.2 Å². The summed E-state index contributed by atoms with van der Waals surface area (Å²) in [5, 5.41) is 0. The highest BCUT2D eigenvalue weighted by Crippen LogP contribution is 2.14. The zero-order valence-corrected chi connectivity index (χ0v) is 46.8. The second kappa shape index (κ2) is 59.8. The lowest BCUT2D eigenvalue weighted by molar-refractivity contribution is -0.167. The molecule has 0 aromatic heterocycles. The van der Waals surface area contributed by atoms with Gasteiger partial charge in [-0.3, -0.25) is 14.4 Å². The first-order valence-electron chi connectivity index (χ1n) is 29.3. The lowest BCUT2D eigenvalue weighted by Gasteiger charge is -2.18. The Bertz CT molecular complexity index is 1630. The van der Waals surface area contributed by atoms with Gasteiger partial charge in [-0.2, -0.15) is 0 Å². The summed E-state index contributed by atoms with van der Waals surface area (Å²) in [5.74, 6) is -0.961. The monoisotopic (exact) mass is 1010 g/mol. The molecule has 0 saturated heterocycles. The van der Waals surface area contributed by atoms with Gasteiger partial charge >= 0.3 is 17.9 Å². The van der Waals surface area contributed by atoms with E-state index in [0.717, 1.165) is 180 Å². The minimum absolute atomic E-state index is 0.105. The molecule has 0 rings (SSSR count). The highest BCUT2D eigenvalue weighted by molar-refractivity contribution is 5.71. The Hall–Kier alpha value is -4.71. The van der Waals surface area contributed by atoms with Crippen molar-refractivity contribution in [1.29, 1.82) is 0 Å². The topological polar surface area (TPSA) is 78.9 Å². The molecule has 0 saturated carbocycles. The van der Waals surface area contributed by atoms with E-state index >= 15 is 0 Å². The van der Waals surface area contributed by atoms with Crippen LogP contribution in [0.15, 0.2) is 146 Å². The maximum Gasteiger partial charge on any atom is 0.306 e. The van der Waals surface area contributed by atoms with Crippen LogP contribution in [0.1, 0.15) is 239 Å². The smallest absolute Gasteiger partial charge is 0.306 e. The van der Waals surface area contributed by atoms with Crippen molar-refractivity contribution in [3.05, 3.63) is 146 Å². The van der Waals surface area contributed by atoms with E-state index in [-0.39, 0.29) is 31.1 Å². The Morgan fingerprint density at radius 1 is 0.274 bits per heavy atom. The average molecular weight is 1010 g/mol. The van der Waals surface area contributed by atoms with Gasteiger partial charge in [-0.05, 0) is 135 Å². The van der Waals surface area contributed by atoms with E-state index in [1.165, 1.54) is 19.3 Å². The molecule has 0 aliphatic carbocycles. The maximum atomic E-state index is 12.9. The number of carbonyl (C=O) groups excluding carboxylic acids is 3. The van der Waals surface area contributed by atoms with Gasteiger partial charge in [-0.1, -0.05) is 231 Å². The molecule has 0 fully saturated rings. The molecule has 0 heterocycles. The lowest BCUT2D eigenvalue weighted by Crippen LogP contribution is -2.30. The molecule has 410 valence electrons. The van der Waals surface area contributed by atoms with E-state index in [1.807, 2.05) is 0 Å². The predicted octanol–water partition coefficient (Wildman–Crippen LogP) is 20.0. The second-order valence-corrected chi connectivity index (χ2v) is 18.8. The summed E-state index contributed by atoms with van der Waals surface area (Å²) in [6, 6.07) is 0. The van der Waals surface area contributed by atoms with Gasteiger partial charge in [0.2, 0.25) is 0 Å². The van der Waals surface area contributed by atoms with E-state index in [2.05, 4.69) is 167 Å². The van der Waals surface area contributed by atoms with E-state index in [0.29, 0.717) is 19.3 Å². The second-order valence-electron chi connectivity index (χ2n) is 18.8. The van der Waals surface area contributed by atoms with Crippen molar-refractivity contribution in [2.45, 2.75) is 245 Å². The van der Waals surface area contributed by atoms with Crippen molar-refractivity contribution in [3.63, 3.8) is 0 Å². The SMILES string of the molecule is CC/C=C\C/C=C\C/C=C\C/C=C\C/C=C\C/C=C\CCCCCCC(=O)OCC(COC(=O)CCCCCCC/C=C\C/C=C\C/C=C\CC)OC(=O)CCCCCCCCC/C=C\C/C=C\C/C=C\CC. The third kappa shape index (κ3) is 58.1. The fourth-order valence-electron chi connectivity index (χ4n) is 7.53. The molecule has 1 unspecified atom stereocenters. The molecule has 0 aromatic rings. The van der Waals surface area contributed by atoms with Gasteiger partial charge in [0, 0.05) is 19.3 Å². The number of rotatable bonds is 51. The Labute approximate surface area is 448 Å². The van der Waals surface area contributed by atoms with Crippen molar-refractivity contribution < 1.29 is 28.6 Å². The van der Waals surface area contributed by atoms with E-state index in [4.69, 9.17) is 14.2 Å². The first-order valence-corrected chi connectivity index (χ1v) is 29.3. The molecule has 1 atom stereocenters. The highest BCUT2D eigenvalue weighted by Gasteiger charge is 2.19. The van der Waals surface area contributed by atoms with Crippen LogP contribution in [0.4, 0.5) is 0 Å². The van der Waals surface area contributed by atoms with Crippen molar-refractivity contribution in [3.8, 4) is 0 Å². The summed E-state index contributed by atoms with van der Waals surface area (Å²) >= 11 is 0. The Morgan fingerprint density at radius 2 is 0.493 bits per heavy atom. The quantitative estimate of drug-likeness (QED) is 0.0261. The maximum absolute atomic E-state index is 12.9. The largest absolute Gasteiger partial charge is 0.462 e. The molecule has 0 radical (unpaired) electrons. The summed E-state index contributed by atoms with van der Waals surface area (Å²) in [6.07, 6.45) is 85.5. The van der Waals surface area contributed by atoms with Crippen LogP contribution in [-0.2, 0) is 28.6 Å². The summed E-state index contributed by atoms with van der Waals surface area (Å²) in [5.41, 5.74) is 0. The Balaban J connectivity index is 4.49. The van der Waals surface area contributed by atoms with Crippen LogP contribution in [0, 0.1) is 0 Å². The molecule has 0 amide bonds. The first-order chi connectivity index (χ1) is 36.0. The third-order valence-electron chi connectivity index (χ3n) is 11.8. The number of hydrogen-bond donors (Lipinski definition) is 0. The molecule has 0 N–H and O–H groups in total. The van der Waals surface area contributed by atoms with Crippen molar-refractivity contribution in [2.75, 3.05) is 13.2 Å². The van der Waals surface area contributed by atoms with Crippen molar-refractivity contribution >= 4 is 17.9 Å². The number of ether oxygens (including phenoxy) is 3. The van der Waals surface area contributed by atoms with Crippen molar-refractivity contribution in [1.82, 2.24) is 0 Å². The van der Waals surface area contributed by atoms with Crippen LogP contribution in [0.3, 0.4) is 0 Å². The van der Waals surface area contributed by atoms with Crippen LogP contribution in [0.25, 0.3) is 0 Å². The molecule has 6 nitrogen and oxygen atoms in total. The van der Waals surface area contributed by atoms with Gasteiger partial charge in [-0.25, -0.2) is 0 Å². The molecule has 73 heavy (non-hydrogen) atoms. The molecular formula is C67H106O6. The fourth-order valence-corrected chi connectivity index (χ4v) is 7.53. The molecule has 6 heteroatoms. The van der Waals surface area contributed by atoms with Gasteiger partial charge in [-0.15, -0.1) is 0 Å². The van der Waals surface area contributed by atoms with Gasteiger partial charge in [0.1, 0.15) is 13.2 Å². The standard InChI is InChI=1S/C67H106O6/c1-4-7-10-13-16-19-22-25-28-30-31-32-33-34-35-37-39-42-45-48-51-54-57-60-66(69)72-63-64(62-71-65(68)59-56-53-50-47-44-41-38-27-24-21-18-15-12-9-6-3)73-67(70)61-58-55-52-49-46-43-40-36-29-26-23-20-17-14-11-8-5-2/h7-12,16-21,25-29,31-32,34-35,38-39,42,64H,4-6,13-15,22-24,30,33,36-37,40-41,43-63H2,1-3H3/b10-7-,11-8-,12-9-,19-16-,20-17-,21-18-,28-25-,29-26-,32-31-,35-34-,38-27-,42-39-.